The van der Waals surface area contributed by atoms with Gasteiger partial charge in [-0.15, -0.1) is 4.40 Å². The number of carbonyl (C=O) groups is 1. The van der Waals surface area contributed by atoms with Gasteiger partial charge in [-0.3, -0.25) is 9.78 Å². The first kappa shape index (κ1) is 19.7. The number of ether oxygens (including phenoxy) is 1. The van der Waals surface area contributed by atoms with Crippen molar-refractivity contribution in [2.45, 2.75) is 25.1 Å². The van der Waals surface area contributed by atoms with Crippen LogP contribution in [0.4, 0.5) is 4.39 Å². The van der Waals surface area contributed by atoms with E-state index in [1.54, 1.807) is 32.0 Å². The molecule has 1 aliphatic heterocycles. The molecule has 0 radical (unpaired) electrons. The largest absolute Gasteiger partial charge is 0.490 e. The van der Waals surface area contributed by atoms with E-state index in [2.05, 4.69) is 14.7 Å². The second-order valence-corrected chi connectivity index (χ2v) is 8.61. The highest BCUT2D eigenvalue weighted by Gasteiger charge is 2.28. The first-order chi connectivity index (χ1) is 13.1. The molecule has 0 atom stereocenters. The van der Waals surface area contributed by atoms with E-state index in [0.29, 0.717) is 16.9 Å². The van der Waals surface area contributed by atoms with Gasteiger partial charge < -0.3 is 15.8 Å². The van der Waals surface area contributed by atoms with E-state index in [0.717, 1.165) is 6.20 Å². The van der Waals surface area contributed by atoms with Crippen molar-refractivity contribution < 1.29 is 22.3 Å². The minimum Gasteiger partial charge on any atom is -0.490 e. The lowest BCUT2D eigenvalue weighted by atomic mass is 10.0. The van der Waals surface area contributed by atoms with Crippen molar-refractivity contribution in [2.75, 3.05) is 6.61 Å². The van der Waals surface area contributed by atoms with Gasteiger partial charge in [-0.25, -0.2) is 12.8 Å². The van der Waals surface area contributed by atoms with Crippen molar-refractivity contribution in [2.24, 2.45) is 10.1 Å². The van der Waals surface area contributed by atoms with Crippen LogP contribution in [0, 0.1) is 5.82 Å². The van der Waals surface area contributed by atoms with Gasteiger partial charge in [0.05, 0.1) is 28.6 Å². The standard InChI is InChI=1S/C18H19FN4O4S/c1-18(2,22-17(24)12-6-7-21-8-13(12)19)10-27-14-5-3-4-11-9-28(25,26)23-16(20)15(11)14/h3-8H,9-10H2,1-2H3,(H2,20,23)(H,22,24). The predicted molar refractivity (Wildman–Crippen MR) is 101 cm³/mol. The molecule has 0 saturated heterocycles. The number of nitrogens with zero attached hydrogens (tertiary/aromatic N) is 2. The van der Waals surface area contributed by atoms with Crippen LogP contribution in [0.3, 0.4) is 0 Å². The average Bonchev–Trinajstić information content (AvgIpc) is 2.58. The van der Waals surface area contributed by atoms with Crippen molar-refractivity contribution in [3.05, 3.63) is 59.2 Å². The van der Waals surface area contributed by atoms with Gasteiger partial charge >= 0.3 is 0 Å². The lowest BCUT2D eigenvalue weighted by Crippen LogP contribution is -2.48. The first-order valence-corrected chi connectivity index (χ1v) is 9.94. The molecule has 1 aromatic carbocycles. The highest BCUT2D eigenvalue weighted by atomic mass is 32.2. The fourth-order valence-corrected chi connectivity index (χ4v) is 3.85. The van der Waals surface area contributed by atoms with E-state index in [1.165, 1.54) is 12.3 Å². The fraction of sp³-hybridized carbons (Fsp3) is 0.278. The number of benzene rings is 1. The maximum absolute atomic E-state index is 13.7. The third kappa shape index (κ3) is 4.28. The highest BCUT2D eigenvalue weighted by Crippen LogP contribution is 2.28. The number of amidine groups is 1. The number of pyridine rings is 1. The summed E-state index contributed by atoms with van der Waals surface area (Å²) >= 11 is 0. The lowest BCUT2D eigenvalue weighted by Gasteiger charge is -2.27. The van der Waals surface area contributed by atoms with Crippen molar-refractivity contribution >= 4 is 21.8 Å². The predicted octanol–water partition coefficient (Wildman–Crippen LogP) is 1.36. The molecule has 0 unspecified atom stereocenters. The molecule has 1 aliphatic rings. The molecular formula is C18H19FN4O4S. The van der Waals surface area contributed by atoms with E-state index < -0.39 is 27.3 Å². The number of hydrogen-bond acceptors (Lipinski definition) is 6. The summed E-state index contributed by atoms with van der Waals surface area (Å²) < 4.78 is 46.5. The normalized spacial score (nSPS) is 15.3. The number of hydrogen-bond donors (Lipinski definition) is 2. The SMILES string of the molecule is CC(C)(COc1cccc2c1C(N)=NS(=O)(=O)C2)NC(=O)c1ccncc1F. The van der Waals surface area contributed by atoms with E-state index in [4.69, 9.17) is 10.5 Å². The van der Waals surface area contributed by atoms with Gasteiger partial charge in [0.25, 0.3) is 15.9 Å². The Hall–Kier alpha value is -3.01. The monoisotopic (exact) mass is 406 g/mol. The van der Waals surface area contributed by atoms with Crippen LogP contribution in [0.25, 0.3) is 0 Å². The lowest BCUT2D eigenvalue weighted by molar-refractivity contribution is 0.0876. The van der Waals surface area contributed by atoms with E-state index in [1.807, 2.05) is 0 Å². The number of sulfonamides is 1. The molecule has 1 amide bonds. The van der Waals surface area contributed by atoms with Crippen LogP contribution in [0.1, 0.15) is 35.3 Å². The van der Waals surface area contributed by atoms with Gasteiger partial charge in [-0.2, -0.15) is 0 Å². The Morgan fingerprint density at radius 1 is 1.36 bits per heavy atom. The van der Waals surface area contributed by atoms with Gasteiger partial charge in [0.2, 0.25) is 0 Å². The molecule has 0 aliphatic carbocycles. The number of carbonyl (C=O) groups excluding carboxylic acids is 1. The molecule has 2 heterocycles. The minimum absolute atomic E-state index is 0.0297. The smallest absolute Gasteiger partial charge is 0.259 e. The molecule has 8 nitrogen and oxygen atoms in total. The zero-order chi connectivity index (χ0) is 20.5. The third-order valence-corrected chi connectivity index (χ3v) is 5.15. The molecule has 0 saturated carbocycles. The summed E-state index contributed by atoms with van der Waals surface area (Å²) in [7, 11) is -3.65. The van der Waals surface area contributed by atoms with E-state index in [-0.39, 0.29) is 23.8 Å². The summed E-state index contributed by atoms with van der Waals surface area (Å²) in [6, 6.07) is 6.22. The van der Waals surface area contributed by atoms with Gasteiger partial charge in [0, 0.05) is 6.20 Å². The molecule has 28 heavy (non-hydrogen) atoms. The van der Waals surface area contributed by atoms with Crippen LogP contribution < -0.4 is 15.8 Å². The summed E-state index contributed by atoms with van der Waals surface area (Å²) in [5.41, 5.74) is 5.73. The number of aromatic nitrogens is 1. The summed E-state index contributed by atoms with van der Waals surface area (Å²) in [5, 5.41) is 2.70. The topological polar surface area (TPSA) is 124 Å². The molecule has 10 heteroatoms. The van der Waals surface area contributed by atoms with Crippen LogP contribution in [0.5, 0.6) is 5.75 Å². The Bertz CT molecular complexity index is 1070. The summed E-state index contributed by atoms with van der Waals surface area (Å²) in [6.45, 7) is 3.45. The number of halogens is 1. The Morgan fingerprint density at radius 2 is 2.11 bits per heavy atom. The molecule has 0 spiro atoms. The molecule has 1 aromatic heterocycles. The molecule has 3 rings (SSSR count). The van der Waals surface area contributed by atoms with Gasteiger partial charge in [0.1, 0.15) is 18.2 Å². The maximum Gasteiger partial charge on any atom is 0.259 e. The van der Waals surface area contributed by atoms with Gasteiger partial charge in [0.15, 0.2) is 5.82 Å². The quantitative estimate of drug-likeness (QED) is 0.773. The molecular weight excluding hydrogens is 387 g/mol. The van der Waals surface area contributed by atoms with E-state index >= 15 is 0 Å². The molecule has 0 bridgehead atoms. The summed E-state index contributed by atoms with van der Waals surface area (Å²) in [5.74, 6) is -1.37. The van der Waals surface area contributed by atoms with Crippen molar-refractivity contribution in [1.29, 1.82) is 0 Å². The minimum atomic E-state index is -3.65. The zero-order valence-electron chi connectivity index (χ0n) is 15.3. The van der Waals surface area contributed by atoms with Crippen LogP contribution in [-0.4, -0.2) is 37.3 Å². The number of nitrogens with one attached hydrogen (secondary N) is 1. The van der Waals surface area contributed by atoms with E-state index in [9.17, 15) is 17.6 Å². The van der Waals surface area contributed by atoms with Crippen molar-refractivity contribution in [3.8, 4) is 5.75 Å². The third-order valence-electron chi connectivity index (χ3n) is 4.00. The second kappa shape index (κ2) is 7.19. The Labute approximate surface area is 161 Å². The Morgan fingerprint density at radius 3 is 2.82 bits per heavy atom. The van der Waals surface area contributed by atoms with Crippen LogP contribution in [-0.2, 0) is 15.8 Å². The first-order valence-electron chi connectivity index (χ1n) is 8.33. The van der Waals surface area contributed by atoms with Gasteiger partial charge in [-0.05, 0) is 31.5 Å². The Balaban J connectivity index is 1.76. The average molecular weight is 406 g/mol. The molecule has 148 valence electrons. The van der Waals surface area contributed by atoms with Crippen molar-refractivity contribution in [3.63, 3.8) is 0 Å². The molecule has 0 fully saturated rings. The zero-order valence-corrected chi connectivity index (χ0v) is 16.1. The summed E-state index contributed by atoms with van der Waals surface area (Å²) in [4.78, 5) is 15.9. The molecule has 2 aromatic rings. The summed E-state index contributed by atoms with van der Waals surface area (Å²) in [6.07, 6.45) is 2.29. The van der Waals surface area contributed by atoms with Crippen LogP contribution >= 0.6 is 0 Å². The van der Waals surface area contributed by atoms with Crippen molar-refractivity contribution in [1.82, 2.24) is 10.3 Å². The number of fused-ring (bicyclic) bond motifs is 1. The number of rotatable bonds is 5. The maximum atomic E-state index is 13.7. The fourth-order valence-electron chi connectivity index (χ4n) is 2.76. The van der Waals surface area contributed by atoms with Crippen LogP contribution in [0.2, 0.25) is 0 Å². The Kier molecular flexibility index (Phi) is 5.07. The highest BCUT2D eigenvalue weighted by molar-refractivity contribution is 7.89. The number of amides is 1. The van der Waals surface area contributed by atoms with Gasteiger partial charge in [-0.1, -0.05) is 12.1 Å². The number of nitrogens with two attached hydrogens (primary N) is 1. The molecule has 3 N–H and O–H groups in total. The second-order valence-electron chi connectivity index (χ2n) is 6.98. The van der Waals surface area contributed by atoms with Crippen LogP contribution in [0.15, 0.2) is 41.1 Å².